The van der Waals surface area contributed by atoms with Crippen molar-refractivity contribution in [3.05, 3.63) is 12.2 Å². The molecule has 0 spiro atoms. The summed E-state index contributed by atoms with van der Waals surface area (Å²) in [7, 11) is -1.84. The highest BCUT2D eigenvalue weighted by atomic mass is 28.4. The number of carbonyl (C=O) groups excluding carboxylic acids is 1. The van der Waals surface area contributed by atoms with E-state index in [1.54, 1.807) is 6.08 Å². The van der Waals surface area contributed by atoms with Crippen LogP contribution in [0.3, 0.4) is 0 Å². The van der Waals surface area contributed by atoms with E-state index >= 15 is 0 Å². The Bertz CT molecular complexity index is 287. The lowest BCUT2D eigenvalue weighted by molar-refractivity contribution is -0.120. The van der Waals surface area contributed by atoms with Crippen LogP contribution in [-0.2, 0) is 9.22 Å². The number of hydrogen-bond acceptors (Lipinski definition) is 2. The maximum absolute atomic E-state index is 11.9. The van der Waals surface area contributed by atoms with Crippen molar-refractivity contribution in [2.75, 3.05) is 0 Å². The van der Waals surface area contributed by atoms with Crippen LogP contribution in [0.15, 0.2) is 12.2 Å². The van der Waals surface area contributed by atoms with E-state index in [1.165, 1.54) is 0 Å². The Labute approximate surface area is 114 Å². The number of ketones is 1. The summed E-state index contributed by atoms with van der Waals surface area (Å²) in [4.78, 5) is 11.9. The fourth-order valence-electron chi connectivity index (χ4n) is 1.33. The van der Waals surface area contributed by atoms with Gasteiger partial charge in [0.15, 0.2) is 14.1 Å². The van der Waals surface area contributed by atoms with Crippen molar-refractivity contribution in [2.45, 2.75) is 78.1 Å². The minimum atomic E-state index is -1.84. The summed E-state index contributed by atoms with van der Waals surface area (Å²) in [6, 6.07) is 0. The Morgan fingerprint density at radius 1 is 1.33 bits per heavy atom. The van der Waals surface area contributed by atoms with Gasteiger partial charge in [-0.05, 0) is 37.6 Å². The van der Waals surface area contributed by atoms with Crippen LogP contribution in [0.5, 0.6) is 0 Å². The van der Waals surface area contributed by atoms with Gasteiger partial charge in [-0.2, -0.15) is 0 Å². The zero-order valence-corrected chi connectivity index (χ0v) is 14.2. The summed E-state index contributed by atoms with van der Waals surface area (Å²) in [5, 5.41) is 0.146. The lowest BCUT2D eigenvalue weighted by Gasteiger charge is -2.37. The summed E-state index contributed by atoms with van der Waals surface area (Å²) in [6.45, 7) is 14.9. The van der Waals surface area contributed by atoms with Crippen molar-refractivity contribution in [2.24, 2.45) is 0 Å². The van der Waals surface area contributed by atoms with Crippen LogP contribution in [0.25, 0.3) is 0 Å². The highest BCUT2D eigenvalue weighted by molar-refractivity contribution is 6.74. The van der Waals surface area contributed by atoms with Crippen LogP contribution in [0.1, 0.15) is 53.9 Å². The molecule has 0 saturated heterocycles. The normalized spacial score (nSPS) is 15.1. The monoisotopic (exact) mass is 270 g/mol. The summed E-state index contributed by atoms with van der Waals surface area (Å²) >= 11 is 0. The van der Waals surface area contributed by atoms with Gasteiger partial charge in [0.05, 0.1) is 0 Å². The van der Waals surface area contributed by atoms with Crippen LogP contribution in [0.2, 0.25) is 18.1 Å². The van der Waals surface area contributed by atoms with E-state index in [-0.39, 0.29) is 16.9 Å². The van der Waals surface area contributed by atoms with Gasteiger partial charge in [-0.15, -0.1) is 0 Å². The van der Waals surface area contributed by atoms with Crippen LogP contribution in [-0.4, -0.2) is 20.2 Å². The number of rotatable bonds is 7. The molecule has 0 bridgehead atoms. The molecule has 0 N–H and O–H groups in total. The standard InChI is InChI=1S/C15H30O2Si/c1-8-9-10-11-12-14(16)13(2)17-18(6,7)15(3,4)5/h11-13H,8-10H2,1-7H3/t13-/m1/s1. The first kappa shape index (κ1) is 17.6. The second-order valence-electron chi connectivity index (χ2n) is 6.47. The Morgan fingerprint density at radius 2 is 1.89 bits per heavy atom. The first-order valence-corrected chi connectivity index (χ1v) is 9.91. The molecule has 0 aromatic heterocycles. The number of hydrogen-bond donors (Lipinski definition) is 0. The van der Waals surface area contributed by atoms with Gasteiger partial charge in [0.2, 0.25) is 0 Å². The zero-order chi connectivity index (χ0) is 14.4. The minimum absolute atomic E-state index is 0.0935. The van der Waals surface area contributed by atoms with Crippen molar-refractivity contribution in [3.8, 4) is 0 Å². The molecule has 0 aliphatic carbocycles. The molecule has 0 heterocycles. The van der Waals surface area contributed by atoms with E-state index in [1.807, 2.05) is 13.0 Å². The van der Waals surface area contributed by atoms with Crippen molar-refractivity contribution in [1.82, 2.24) is 0 Å². The van der Waals surface area contributed by atoms with E-state index < -0.39 is 8.32 Å². The van der Waals surface area contributed by atoms with Crippen molar-refractivity contribution >= 4 is 14.1 Å². The summed E-state index contributed by atoms with van der Waals surface area (Å²) in [5.74, 6) is 0.0935. The third kappa shape index (κ3) is 5.96. The third-order valence-corrected chi connectivity index (χ3v) is 8.24. The molecule has 0 fully saturated rings. The third-order valence-electron chi connectivity index (χ3n) is 3.68. The van der Waals surface area contributed by atoms with Crippen LogP contribution >= 0.6 is 0 Å². The fourth-order valence-corrected chi connectivity index (χ4v) is 2.69. The molecule has 0 saturated carbocycles. The Balaban J connectivity index is 4.36. The molecule has 0 aliphatic heterocycles. The Hall–Kier alpha value is -0.413. The molecule has 2 nitrogen and oxygen atoms in total. The number of carbonyl (C=O) groups is 1. The molecular formula is C15H30O2Si. The molecule has 3 heteroatoms. The largest absolute Gasteiger partial charge is 0.407 e. The van der Waals surface area contributed by atoms with E-state index in [2.05, 4.69) is 40.8 Å². The molecule has 1 atom stereocenters. The van der Waals surface area contributed by atoms with E-state index in [9.17, 15) is 4.79 Å². The molecule has 0 radical (unpaired) electrons. The van der Waals surface area contributed by atoms with Crippen LogP contribution in [0, 0.1) is 0 Å². The first-order chi connectivity index (χ1) is 8.12. The van der Waals surface area contributed by atoms with Gasteiger partial charge in [-0.3, -0.25) is 4.79 Å². The lowest BCUT2D eigenvalue weighted by atomic mass is 10.2. The van der Waals surface area contributed by atoms with Crippen molar-refractivity contribution < 1.29 is 9.22 Å². The van der Waals surface area contributed by atoms with Gasteiger partial charge in [0.1, 0.15) is 6.10 Å². The average molecular weight is 270 g/mol. The lowest BCUT2D eigenvalue weighted by Crippen LogP contribution is -2.44. The fraction of sp³-hybridized carbons (Fsp3) is 0.800. The highest BCUT2D eigenvalue weighted by Crippen LogP contribution is 2.37. The molecule has 106 valence electrons. The van der Waals surface area contributed by atoms with Gasteiger partial charge in [-0.1, -0.05) is 46.6 Å². The number of allylic oxidation sites excluding steroid dienone is 1. The van der Waals surface area contributed by atoms with Gasteiger partial charge in [0.25, 0.3) is 0 Å². The zero-order valence-electron chi connectivity index (χ0n) is 13.2. The van der Waals surface area contributed by atoms with Crippen molar-refractivity contribution in [3.63, 3.8) is 0 Å². The second kappa shape index (κ2) is 7.24. The quantitative estimate of drug-likeness (QED) is 0.380. The van der Waals surface area contributed by atoms with Gasteiger partial charge < -0.3 is 4.43 Å². The smallest absolute Gasteiger partial charge is 0.193 e. The maximum Gasteiger partial charge on any atom is 0.193 e. The Morgan fingerprint density at radius 3 is 2.33 bits per heavy atom. The second-order valence-corrected chi connectivity index (χ2v) is 11.2. The highest BCUT2D eigenvalue weighted by Gasteiger charge is 2.39. The molecule has 0 unspecified atom stereocenters. The van der Waals surface area contributed by atoms with Gasteiger partial charge in [0, 0.05) is 0 Å². The summed E-state index contributed by atoms with van der Waals surface area (Å²) in [6.07, 6.45) is 6.62. The topological polar surface area (TPSA) is 26.3 Å². The molecule has 0 aromatic carbocycles. The molecule has 0 amide bonds. The molecule has 0 aliphatic rings. The van der Waals surface area contributed by atoms with E-state index in [0.717, 1.165) is 19.3 Å². The first-order valence-electron chi connectivity index (χ1n) is 7.00. The predicted octanol–water partition coefficient (Wildman–Crippen LogP) is 4.71. The maximum atomic E-state index is 11.9. The van der Waals surface area contributed by atoms with E-state index in [0.29, 0.717) is 0 Å². The average Bonchev–Trinajstić information content (AvgIpc) is 2.21. The molecule has 0 rings (SSSR count). The van der Waals surface area contributed by atoms with Gasteiger partial charge in [-0.25, -0.2) is 0 Å². The molecule has 0 aromatic rings. The van der Waals surface area contributed by atoms with E-state index in [4.69, 9.17) is 4.43 Å². The minimum Gasteiger partial charge on any atom is -0.407 e. The van der Waals surface area contributed by atoms with Gasteiger partial charge >= 0.3 is 0 Å². The molecular weight excluding hydrogens is 240 g/mol. The van der Waals surface area contributed by atoms with Crippen molar-refractivity contribution in [1.29, 1.82) is 0 Å². The predicted molar refractivity (Wildman–Crippen MR) is 81.4 cm³/mol. The van der Waals surface area contributed by atoms with Crippen LogP contribution in [0.4, 0.5) is 0 Å². The Kier molecular flexibility index (Phi) is 7.08. The summed E-state index contributed by atoms with van der Waals surface area (Å²) in [5.41, 5.74) is 0. The SMILES string of the molecule is CCCCC=CC(=O)[C@@H](C)O[Si](C)(C)C(C)(C)C. The number of unbranched alkanes of at least 4 members (excludes halogenated alkanes) is 2. The van der Waals surface area contributed by atoms with Crippen LogP contribution < -0.4 is 0 Å². The summed E-state index contributed by atoms with van der Waals surface area (Å²) < 4.78 is 6.06. The molecule has 18 heavy (non-hydrogen) atoms.